The van der Waals surface area contributed by atoms with Gasteiger partial charge in [-0.15, -0.1) is 0 Å². The third-order valence-corrected chi connectivity index (χ3v) is 6.66. The minimum Gasteiger partial charge on any atom is -0.508 e. The Bertz CT molecular complexity index is 822. The van der Waals surface area contributed by atoms with Crippen molar-refractivity contribution in [3.05, 3.63) is 65.7 Å². The molecule has 5 heteroatoms. The molecule has 3 heterocycles. The molecule has 28 heavy (non-hydrogen) atoms. The van der Waals surface area contributed by atoms with Gasteiger partial charge >= 0.3 is 0 Å². The van der Waals surface area contributed by atoms with Gasteiger partial charge in [-0.25, -0.2) is 0 Å². The first-order valence-corrected chi connectivity index (χ1v) is 10.3. The SMILES string of the molecule is Oc1ccccc1CN1CC2(CN(Cc3ccccc3)C[C@H]3C[C@@H](O)CN32)C1. The molecule has 0 radical (unpaired) electrons. The molecule has 2 atom stereocenters. The number of β-amino-alcohol motifs (C(OH)–C–C–N with tert-alkyl or cyclic N) is 1. The molecule has 1 spiro atoms. The van der Waals surface area contributed by atoms with Crippen molar-refractivity contribution in [3.63, 3.8) is 0 Å². The lowest BCUT2D eigenvalue weighted by Gasteiger charge is -2.61. The molecule has 3 saturated heterocycles. The Balaban J connectivity index is 1.30. The third kappa shape index (κ3) is 3.33. The van der Waals surface area contributed by atoms with Gasteiger partial charge in [0, 0.05) is 57.4 Å². The molecule has 148 valence electrons. The number of phenols is 1. The van der Waals surface area contributed by atoms with Crippen LogP contribution in [0, 0.1) is 0 Å². The second-order valence-corrected chi connectivity index (χ2v) is 8.85. The molecule has 2 aromatic carbocycles. The van der Waals surface area contributed by atoms with E-state index in [0.29, 0.717) is 11.8 Å². The Hall–Kier alpha value is -1.92. The fourth-order valence-corrected chi connectivity index (χ4v) is 5.54. The van der Waals surface area contributed by atoms with Crippen LogP contribution in [0.3, 0.4) is 0 Å². The number of para-hydroxylation sites is 1. The van der Waals surface area contributed by atoms with Crippen LogP contribution in [0.1, 0.15) is 17.5 Å². The van der Waals surface area contributed by atoms with Crippen molar-refractivity contribution in [2.45, 2.75) is 37.2 Å². The highest BCUT2D eigenvalue weighted by molar-refractivity contribution is 5.32. The molecule has 3 fully saturated rings. The molecule has 0 amide bonds. The number of likely N-dealkylation sites (tertiary alicyclic amines) is 1. The molecule has 2 N–H and O–H groups in total. The highest BCUT2D eigenvalue weighted by Gasteiger charge is 2.55. The predicted octanol–water partition coefficient (Wildman–Crippen LogP) is 1.90. The van der Waals surface area contributed by atoms with Gasteiger partial charge in [-0.2, -0.15) is 0 Å². The molecule has 5 rings (SSSR count). The molecule has 0 aromatic heterocycles. The molecular weight excluding hydrogens is 350 g/mol. The normalized spacial score (nSPS) is 27.6. The van der Waals surface area contributed by atoms with Gasteiger partial charge in [0.2, 0.25) is 0 Å². The number of piperazine rings is 1. The van der Waals surface area contributed by atoms with Gasteiger partial charge in [-0.3, -0.25) is 14.7 Å². The summed E-state index contributed by atoms with van der Waals surface area (Å²) in [6, 6.07) is 18.8. The second-order valence-electron chi connectivity index (χ2n) is 8.85. The van der Waals surface area contributed by atoms with Crippen LogP contribution in [0.4, 0.5) is 0 Å². The minimum absolute atomic E-state index is 0.125. The molecule has 2 aromatic rings. The number of phenolic OH excluding ortho intramolecular Hbond substituents is 1. The number of rotatable bonds is 4. The standard InChI is InChI=1S/C23H29N3O2/c27-21-10-20-13-24(11-18-6-2-1-3-7-18)15-23(26(20)14-21)16-25(17-23)12-19-8-4-5-9-22(19)28/h1-9,20-21,27-28H,10-17H2/t20-,21-/m1/s1. The van der Waals surface area contributed by atoms with Crippen molar-refractivity contribution in [3.8, 4) is 5.75 Å². The van der Waals surface area contributed by atoms with Crippen LogP contribution in [-0.2, 0) is 13.1 Å². The topological polar surface area (TPSA) is 50.2 Å². The Kier molecular flexibility index (Phi) is 4.63. The van der Waals surface area contributed by atoms with E-state index in [2.05, 4.69) is 45.0 Å². The zero-order valence-electron chi connectivity index (χ0n) is 16.2. The van der Waals surface area contributed by atoms with Crippen LogP contribution in [0.5, 0.6) is 5.75 Å². The summed E-state index contributed by atoms with van der Waals surface area (Å²) >= 11 is 0. The Morgan fingerprint density at radius 3 is 2.36 bits per heavy atom. The summed E-state index contributed by atoms with van der Waals surface area (Å²) in [7, 11) is 0. The monoisotopic (exact) mass is 379 g/mol. The van der Waals surface area contributed by atoms with E-state index in [-0.39, 0.29) is 11.6 Å². The van der Waals surface area contributed by atoms with E-state index in [1.165, 1.54) is 5.56 Å². The maximum Gasteiger partial charge on any atom is 0.120 e. The van der Waals surface area contributed by atoms with Crippen LogP contribution < -0.4 is 0 Å². The highest BCUT2D eigenvalue weighted by atomic mass is 16.3. The largest absolute Gasteiger partial charge is 0.508 e. The third-order valence-electron chi connectivity index (χ3n) is 6.66. The molecule has 0 bridgehead atoms. The van der Waals surface area contributed by atoms with Crippen molar-refractivity contribution in [1.82, 2.24) is 14.7 Å². The van der Waals surface area contributed by atoms with Crippen molar-refractivity contribution < 1.29 is 10.2 Å². The average molecular weight is 380 g/mol. The summed E-state index contributed by atoms with van der Waals surface area (Å²) in [6.07, 6.45) is 0.678. The summed E-state index contributed by atoms with van der Waals surface area (Å²) in [5, 5.41) is 20.4. The van der Waals surface area contributed by atoms with Crippen LogP contribution in [0.15, 0.2) is 54.6 Å². The number of aromatic hydroxyl groups is 1. The van der Waals surface area contributed by atoms with Gasteiger partial charge in [-0.05, 0) is 18.1 Å². The fraction of sp³-hybridized carbons (Fsp3) is 0.478. The molecule has 3 aliphatic heterocycles. The summed E-state index contributed by atoms with van der Waals surface area (Å²) in [5.41, 5.74) is 2.47. The quantitative estimate of drug-likeness (QED) is 0.850. The van der Waals surface area contributed by atoms with E-state index in [0.717, 1.165) is 57.8 Å². The second kappa shape index (κ2) is 7.16. The first-order chi connectivity index (χ1) is 13.6. The fourth-order valence-electron chi connectivity index (χ4n) is 5.54. The van der Waals surface area contributed by atoms with E-state index >= 15 is 0 Å². The van der Waals surface area contributed by atoms with Crippen LogP contribution in [-0.4, -0.2) is 75.3 Å². The summed E-state index contributed by atoms with van der Waals surface area (Å²) in [5.74, 6) is 0.382. The van der Waals surface area contributed by atoms with Crippen molar-refractivity contribution in [2.75, 3.05) is 32.7 Å². The first kappa shape index (κ1) is 18.1. The van der Waals surface area contributed by atoms with E-state index in [1.807, 2.05) is 18.2 Å². The average Bonchev–Trinajstić information content (AvgIpc) is 3.03. The zero-order chi connectivity index (χ0) is 19.1. The van der Waals surface area contributed by atoms with Crippen molar-refractivity contribution in [2.24, 2.45) is 0 Å². The van der Waals surface area contributed by atoms with E-state index < -0.39 is 0 Å². The lowest BCUT2D eigenvalue weighted by Crippen LogP contribution is -2.77. The van der Waals surface area contributed by atoms with Gasteiger partial charge in [0.05, 0.1) is 11.6 Å². The van der Waals surface area contributed by atoms with Crippen LogP contribution in [0.2, 0.25) is 0 Å². The van der Waals surface area contributed by atoms with Gasteiger partial charge in [0.25, 0.3) is 0 Å². The number of hydrogen-bond acceptors (Lipinski definition) is 5. The lowest BCUT2D eigenvalue weighted by molar-refractivity contribution is -0.118. The minimum atomic E-state index is -0.203. The smallest absolute Gasteiger partial charge is 0.120 e. The van der Waals surface area contributed by atoms with Gasteiger partial charge in [0.15, 0.2) is 0 Å². The van der Waals surface area contributed by atoms with Crippen molar-refractivity contribution >= 4 is 0 Å². The number of nitrogens with zero attached hydrogens (tertiary/aromatic N) is 3. The first-order valence-electron chi connectivity index (χ1n) is 10.3. The van der Waals surface area contributed by atoms with Crippen LogP contribution >= 0.6 is 0 Å². The molecular formula is C23H29N3O2. The summed E-state index contributed by atoms with van der Waals surface area (Å²) in [4.78, 5) is 7.58. The van der Waals surface area contributed by atoms with Crippen LogP contribution in [0.25, 0.3) is 0 Å². The molecule has 5 nitrogen and oxygen atoms in total. The van der Waals surface area contributed by atoms with Crippen molar-refractivity contribution in [1.29, 1.82) is 0 Å². The number of aliphatic hydroxyl groups is 1. The van der Waals surface area contributed by atoms with E-state index in [9.17, 15) is 10.2 Å². The number of aliphatic hydroxyl groups excluding tert-OH is 1. The Morgan fingerprint density at radius 1 is 0.857 bits per heavy atom. The number of hydrogen-bond donors (Lipinski definition) is 2. The number of benzene rings is 2. The summed E-state index contributed by atoms with van der Waals surface area (Å²) in [6.45, 7) is 6.63. The maximum absolute atomic E-state index is 10.3. The molecule has 3 aliphatic rings. The number of fused-ring (bicyclic) bond motifs is 2. The summed E-state index contributed by atoms with van der Waals surface area (Å²) < 4.78 is 0. The Labute approximate surface area is 166 Å². The van der Waals surface area contributed by atoms with Gasteiger partial charge < -0.3 is 10.2 Å². The Morgan fingerprint density at radius 2 is 1.57 bits per heavy atom. The van der Waals surface area contributed by atoms with E-state index in [1.54, 1.807) is 6.07 Å². The zero-order valence-corrected chi connectivity index (χ0v) is 16.2. The predicted molar refractivity (Wildman–Crippen MR) is 109 cm³/mol. The van der Waals surface area contributed by atoms with Gasteiger partial charge in [-0.1, -0.05) is 48.5 Å². The lowest BCUT2D eigenvalue weighted by atomic mass is 9.83. The molecule has 0 aliphatic carbocycles. The van der Waals surface area contributed by atoms with Gasteiger partial charge in [0.1, 0.15) is 5.75 Å². The van der Waals surface area contributed by atoms with E-state index in [4.69, 9.17) is 0 Å². The molecule has 0 saturated carbocycles. The molecule has 0 unspecified atom stereocenters. The highest BCUT2D eigenvalue weighted by Crippen LogP contribution is 2.40. The maximum atomic E-state index is 10.3.